The van der Waals surface area contributed by atoms with Gasteiger partial charge in [0.25, 0.3) is 0 Å². The lowest BCUT2D eigenvalue weighted by Crippen LogP contribution is -2.27. The van der Waals surface area contributed by atoms with Gasteiger partial charge >= 0.3 is 0 Å². The van der Waals surface area contributed by atoms with E-state index in [1.165, 1.54) is 6.33 Å². The summed E-state index contributed by atoms with van der Waals surface area (Å²) in [5.74, 6) is 0.823. The Labute approximate surface area is 118 Å². The van der Waals surface area contributed by atoms with E-state index in [2.05, 4.69) is 10.1 Å². The van der Waals surface area contributed by atoms with E-state index in [-0.39, 0.29) is 12.2 Å². The van der Waals surface area contributed by atoms with Crippen LogP contribution >= 0.6 is 0 Å². The molecule has 0 fully saturated rings. The Morgan fingerprint density at radius 2 is 2.00 bits per heavy atom. The van der Waals surface area contributed by atoms with Crippen molar-refractivity contribution in [2.75, 3.05) is 0 Å². The van der Waals surface area contributed by atoms with Crippen LogP contribution in [0.4, 0.5) is 0 Å². The highest BCUT2D eigenvalue weighted by molar-refractivity contribution is 5.83. The molecule has 0 amide bonds. The summed E-state index contributed by atoms with van der Waals surface area (Å²) < 4.78 is 7.43. The third-order valence-electron chi connectivity index (χ3n) is 2.94. The van der Waals surface area contributed by atoms with Crippen LogP contribution in [0.25, 0.3) is 0 Å². The highest BCUT2D eigenvalue weighted by Gasteiger charge is 2.27. The van der Waals surface area contributed by atoms with E-state index in [0.717, 1.165) is 0 Å². The molecule has 106 valence electrons. The number of para-hydroxylation sites is 1. The van der Waals surface area contributed by atoms with Gasteiger partial charge in [0.15, 0.2) is 6.23 Å². The number of ketones is 1. The van der Waals surface area contributed by atoms with Crippen molar-refractivity contribution in [2.45, 2.75) is 33.4 Å². The number of hydrogen-bond acceptors (Lipinski definition) is 4. The smallest absolute Gasteiger partial charge is 0.200 e. The lowest BCUT2D eigenvalue weighted by Gasteiger charge is -2.23. The zero-order valence-electron chi connectivity index (χ0n) is 12.0. The van der Waals surface area contributed by atoms with Gasteiger partial charge in [0.2, 0.25) is 0 Å². The van der Waals surface area contributed by atoms with Gasteiger partial charge in [-0.15, -0.1) is 0 Å². The third kappa shape index (κ3) is 3.66. The third-order valence-corrected chi connectivity index (χ3v) is 2.94. The van der Waals surface area contributed by atoms with Crippen LogP contribution in [-0.4, -0.2) is 20.5 Å². The van der Waals surface area contributed by atoms with E-state index in [9.17, 15) is 4.79 Å². The minimum absolute atomic E-state index is 0.119. The van der Waals surface area contributed by atoms with Crippen molar-refractivity contribution >= 4 is 5.78 Å². The van der Waals surface area contributed by atoms with Crippen LogP contribution in [0.5, 0.6) is 5.75 Å². The zero-order valence-corrected chi connectivity index (χ0v) is 12.0. The van der Waals surface area contributed by atoms with Gasteiger partial charge in [0.1, 0.15) is 24.2 Å². The van der Waals surface area contributed by atoms with Gasteiger partial charge in [0, 0.05) is 5.41 Å². The molecule has 0 spiro atoms. The van der Waals surface area contributed by atoms with Crippen LogP contribution in [0.1, 0.15) is 33.4 Å². The molecular formula is C15H19N3O2. The molecular weight excluding hydrogens is 254 g/mol. The summed E-state index contributed by atoms with van der Waals surface area (Å²) >= 11 is 0. The molecule has 0 aliphatic carbocycles. The number of hydrogen-bond donors (Lipinski definition) is 0. The number of nitrogens with zero attached hydrogens (tertiary/aromatic N) is 3. The van der Waals surface area contributed by atoms with Crippen LogP contribution in [0.3, 0.4) is 0 Å². The molecule has 2 aromatic rings. The van der Waals surface area contributed by atoms with Gasteiger partial charge in [0.05, 0.1) is 6.42 Å². The molecule has 0 bridgehead atoms. The maximum Gasteiger partial charge on any atom is 0.200 e. The van der Waals surface area contributed by atoms with E-state index in [0.29, 0.717) is 5.75 Å². The Bertz CT molecular complexity index is 544. The quantitative estimate of drug-likeness (QED) is 0.840. The van der Waals surface area contributed by atoms with Gasteiger partial charge in [-0.25, -0.2) is 9.67 Å². The monoisotopic (exact) mass is 273 g/mol. The average Bonchev–Trinajstić information content (AvgIpc) is 2.92. The first-order valence-electron chi connectivity index (χ1n) is 6.56. The Morgan fingerprint density at radius 3 is 2.55 bits per heavy atom. The number of rotatable bonds is 5. The van der Waals surface area contributed by atoms with Crippen molar-refractivity contribution in [3.05, 3.63) is 43.0 Å². The topological polar surface area (TPSA) is 57.0 Å². The van der Waals surface area contributed by atoms with Crippen molar-refractivity contribution in [1.29, 1.82) is 0 Å². The lowest BCUT2D eigenvalue weighted by molar-refractivity contribution is -0.129. The summed E-state index contributed by atoms with van der Waals surface area (Å²) in [6, 6.07) is 9.40. The van der Waals surface area contributed by atoms with Crippen molar-refractivity contribution in [2.24, 2.45) is 5.41 Å². The van der Waals surface area contributed by atoms with Crippen LogP contribution in [0.2, 0.25) is 0 Å². The second-order valence-electron chi connectivity index (χ2n) is 5.64. The van der Waals surface area contributed by atoms with Gasteiger partial charge < -0.3 is 4.74 Å². The fraction of sp³-hybridized carbons (Fsp3) is 0.400. The molecule has 0 aliphatic rings. The lowest BCUT2D eigenvalue weighted by atomic mass is 9.88. The minimum atomic E-state index is -0.480. The van der Waals surface area contributed by atoms with Gasteiger partial charge in [-0.1, -0.05) is 39.0 Å². The minimum Gasteiger partial charge on any atom is -0.468 e. The summed E-state index contributed by atoms with van der Waals surface area (Å²) in [7, 11) is 0. The first-order valence-corrected chi connectivity index (χ1v) is 6.56. The summed E-state index contributed by atoms with van der Waals surface area (Å²) in [6.45, 7) is 5.70. The van der Waals surface area contributed by atoms with Crippen LogP contribution < -0.4 is 4.74 Å². The largest absolute Gasteiger partial charge is 0.468 e. The maximum atomic E-state index is 12.2. The van der Waals surface area contributed by atoms with Crippen molar-refractivity contribution in [1.82, 2.24) is 14.8 Å². The summed E-state index contributed by atoms with van der Waals surface area (Å²) in [5, 5.41) is 4.08. The number of carbonyl (C=O) groups is 1. The first-order chi connectivity index (χ1) is 9.47. The van der Waals surface area contributed by atoms with Crippen LogP contribution in [0.15, 0.2) is 43.0 Å². The van der Waals surface area contributed by atoms with Crippen LogP contribution in [-0.2, 0) is 4.79 Å². The predicted octanol–water partition coefficient (Wildman–Crippen LogP) is 2.86. The Hall–Kier alpha value is -2.17. The van der Waals surface area contributed by atoms with Crippen molar-refractivity contribution < 1.29 is 9.53 Å². The molecule has 0 N–H and O–H groups in total. The summed E-state index contributed by atoms with van der Waals surface area (Å²) in [4.78, 5) is 16.1. The summed E-state index contributed by atoms with van der Waals surface area (Å²) in [6.07, 6.45) is 2.76. The first kappa shape index (κ1) is 14.2. The SMILES string of the molecule is CC(C)(C)C(=O)CC(Oc1ccccc1)n1cncn1. The molecule has 1 atom stereocenters. The Kier molecular flexibility index (Phi) is 4.17. The molecule has 0 saturated heterocycles. The molecule has 1 heterocycles. The Morgan fingerprint density at radius 1 is 1.30 bits per heavy atom. The van der Waals surface area contributed by atoms with Gasteiger partial charge in [-0.3, -0.25) is 4.79 Å². The van der Waals surface area contributed by atoms with E-state index >= 15 is 0 Å². The zero-order chi connectivity index (χ0) is 14.6. The molecule has 1 unspecified atom stereocenters. The number of Topliss-reactive ketones (excluding diaryl/α,β-unsaturated/α-hetero) is 1. The molecule has 2 rings (SSSR count). The molecule has 5 heteroatoms. The van der Waals surface area contributed by atoms with Gasteiger partial charge in [-0.05, 0) is 12.1 Å². The molecule has 0 saturated carbocycles. The number of carbonyl (C=O) groups excluding carboxylic acids is 1. The molecule has 20 heavy (non-hydrogen) atoms. The number of benzene rings is 1. The average molecular weight is 273 g/mol. The summed E-state index contributed by atoms with van der Waals surface area (Å²) in [5.41, 5.74) is -0.404. The van der Waals surface area contributed by atoms with Crippen molar-refractivity contribution in [3.8, 4) is 5.75 Å². The fourth-order valence-electron chi connectivity index (χ4n) is 1.68. The highest BCUT2D eigenvalue weighted by atomic mass is 16.5. The Balaban J connectivity index is 2.16. The standard InChI is InChI=1S/C15H19N3O2/c1-15(2,3)13(19)9-14(18-11-16-10-17-18)20-12-7-5-4-6-8-12/h4-8,10-11,14H,9H2,1-3H3. The molecule has 1 aromatic heterocycles. The highest BCUT2D eigenvalue weighted by Crippen LogP contribution is 2.24. The van der Waals surface area contributed by atoms with Crippen LogP contribution in [0, 0.1) is 5.41 Å². The fourth-order valence-corrected chi connectivity index (χ4v) is 1.68. The van der Waals surface area contributed by atoms with Gasteiger partial charge in [-0.2, -0.15) is 5.10 Å². The predicted molar refractivity (Wildman–Crippen MR) is 75.2 cm³/mol. The van der Waals surface area contributed by atoms with Crippen molar-refractivity contribution in [3.63, 3.8) is 0 Å². The van der Waals surface area contributed by atoms with E-state index in [4.69, 9.17) is 4.74 Å². The molecule has 1 aromatic carbocycles. The maximum absolute atomic E-state index is 12.2. The molecule has 0 aliphatic heterocycles. The van der Waals surface area contributed by atoms with E-state index < -0.39 is 11.6 Å². The second kappa shape index (κ2) is 5.86. The van der Waals surface area contributed by atoms with E-state index in [1.807, 2.05) is 51.1 Å². The number of ether oxygens (including phenoxy) is 1. The second-order valence-corrected chi connectivity index (χ2v) is 5.64. The molecule has 0 radical (unpaired) electrons. The van der Waals surface area contributed by atoms with E-state index in [1.54, 1.807) is 11.0 Å². The molecule has 5 nitrogen and oxygen atoms in total. The normalized spacial score (nSPS) is 12.9. The number of aromatic nitrogens is 3.